The number of hydrogen-bond donors (Lipinski definition) is 4. The van der Waals surface area contributed by atoms with Crippen LogP contribution in [-0.2, 0) is 6.42 Å². The van der Waals surface area contributed by atoms with Gasteiger partial charge in [-0.3, -0.25) is 4.98 Å². The maximum absolute atomic E-state index is 9.77. The molecule has 0 spiro atoms. The largest absolute Gasteiger partial charge is 0.396 e. The van der Waals surface area contributed by atoms with Gasteiger partial charge >= 0.3 is 0 Å². The minimum Gasteiger partial charge on any atom is -0.396 e. The highest BCUT2D eigenvalue weighted by molar-refractivity contribution is 7.22. The first-order valence-corrected chi connectivity index (χ1v) is 12.8. The zero-order chi connectivity index (χ0) is 25.9. The summed E-state index contributed by atoms with van der Waals surface area (Å²) < 4.78 is 1.07. The molecule has 5 aromatic rings. The summed E-state index contributed by atoms with van der Waals surface area (Å²) in [5, 5.41) is 15.0. The summed E-state index contributed by atoms with van der Waals surface area (Å²) in [6.45, 7) is 2.14. The number of amidine groups is 1. The molecule has 2 aromatic heterocycles. The molecule has 0 radical (unpaired) electrons. The van der Waals surface area contributed by atoms with Crippen LogP contribution in [0.1, 0.15) is 16.7 Å². The van der Waals surface area contributed by atoms with E-state index in [1.165, 1.54) is 0 Å². The predicted molar refractivity (Wildman–Crippen MR) is 152 cm³/mol. The van der Waals surface area contributed by atoms with Crippen LogP contribution in [0.2, 0.25) is 5.02 Å². The molecule has 3 aromatic carbocycles. The Bertz CT molecular complexity index is 1610. The molecule has 37 heavy (non-hydrogen) atoms. The van der Waals surface area contributed by atoms with E-state index in [1.54, 1.807) is 17.5 Å². The Morgan fingerprint density at radius 2 is 1.86 bits per heavy atom. The molecular weight excluding hydrogens is 504 g/mol. The molecule has 6 N–H and O–H groups in total. The van der Waals surface area contributed by atoms with Crippen LogP contribution in [0.4, 0.5) is 0 Å². The fourth-order valence-electron chi connectivity index (χ4n) is 4.46. The number of thiazole rings is 1. The second kappa shape index (κ2) is 10.7. The number of halogens is 1. The molecular formula is C28H25ClN6OS. The quantitative estimate of drug-likeness (QED) is 0.103. The van der Waals surface area contributed by atoms with Crippen molar-refractivity contribution >= 4 is 39.0 Å². The highest BCUT2D eigenvalue weighted by Crippen LogP contribution is 2.41. The van der Waals surface area contributed by atoms with Gasteiger partial charge in [0.2, 0.25) is 0 Å². The molecule has 0 saturated heterocycles. The molecule has 0 aliphatic heterocycles. The minimum absolute atomic E-state index is 0.0711. The number of aryl methyl sites for hydroxylation is 1. The van der Waals surface area contributed by atoms with Gasteiger partial charge in [0.25, 0.3) is 0 Å². The molecule has 5 rings (SSSR count). The van der Waals surface area contributed by atoms with Crippen LogP contribution in [0.5, 0.6) is 0 Å². The first-order chi connectivity index (χ1) is 18.0. The molecule has 7 nitrogen and oxygen atoms in total. The SMILES string of the molecule is Cc1cc2nc(-c3ccnc(-c4cccc(/C(=N/N)NN)c4)c3)sc2c(-c2ccc(Cl)cc2)c1CCO. The fourth-order valence-corrected chi connectivity index (χ4v) is 5.72. The Morgan fingerprint density at radius 1 is 1.05 bits per heavy atom. The molecule has 0 amide bonds. The number of hydrazine groups is 1. The van der Waals surface area contributed by atoms with E-state index < -0.39 is 0 Å². The number of aromatic nitrogens is 2. The van der Waals surface area contributed by atoms with Gasteiger partial charge in [0.05, 0.1) is 15.9 Å². The van der Waals surface area contributed by atoms with Crippen LogP contribution < -0.4 is 17.1 Å². The zero-order valence-corrected chi connectivity index (χ0v) is 21.6. The number of nitrogens with one attached hydrogen (secondary N) is 1. The van der Waals surface area contributed by atoms with E-state index in [2.05, 4.69) is 28.5 Å². The summed E-state index contributed by atoms with van der Waals surface area (Å²) >= 11 is 7.79. The molecule has 0 aliphatic rings. The van der Waals surface area contributed by atoms with Gasteiger partial charge in [0.1, 0.15) is 5.01 Å². The Labute approximate surface area is 223 Å². The van der Waals surface area contributed by atoms with Crippen molar-refractivity contribution < 1.29 is 5.11 Å². The number of pyridine rings is 1. The lowest BCUT2D eigenvalue weighted by molar-refractivity contribution is 0.299. The third kappa shape index (κ3) is 4.92. The maximum atomic E-state index is 9.77. The number of hydrazone groups is 1. The summed E-state index contributed by atoms with van der Waals surface area (Å²) in [5.74, 6) is 11.4. The van der Waals surface area contributed by atoms with Crippen molar-refractivity contribution in [1.29, 1.82) is 0 Å². The number of benzene rings is 3. The van der Waals surface area contributed by atoms with Gasteiger partial charge in [-0.2, -0.15) is 5.10 Å². The van der Waals surface area contributed by atoms with Gasteiger partial charge in [-0.15, -0.1) is 11.3 Å². The minimum atomic E-state index is 0.0711. The Hall–Kier alpha value is -3.82. The van der Waals surface area contributed by atoms with Gasteiger partial charge in [-0.05, 0) is 66.4 Å². The van der Waals surface area contributed by atoms with Gasteiger partial charge in [0, 0.05) is 40.1 Å². The van der Waals surface area contributed by atoms with E-state index in [-0.39, 0.29) is 6.61 Å². The molecule has 9 heteroatoms. The van der Waals surface area contributed by atoms with Gasteiger partial charge < -0.3 is 16.4 Å². The number of aliphatic hydroxyl groups excluding tert-OH is 1. The van der Waals surface area contributed by atoms with Crippen LogP contribution in [0.3, 0.4) is 0 Å². The highest BCUT2D eigenvalue weighted by Gasteiger charge is 2.18. The third-order valence-corrected chi connectivity index (χ3v) is 7.60. The second-order valence-corrected chi connectivity index (χ2v) is 9.96. The summed E-state index contributed by atoms with van der Waals surface area (Å²) in [4.78, 5) is 9.58. The van der Waals surface area contributed by atoms with Gasteiger partial charge in [0.15, 0.2) is 5.84 Å². The van der Waals surface area contributed by atoms with Crippen LogP contribution in [-0.4, -0.2) is 27.5 Å². The van der Waals surface area contributed by atoms with Crippen LogP contribution in [0.15, 0.2) is 78.0 Å². The van der Waals surface area contributed by atoms with E-state index in [4.69, 9.17) is 28.3 Å². The van der Waals surface area contributed by atoms with E-state index in [0.717, 1.165) is 59.9 Å². The smallest absolute Gasteiger partial charge is 0.166 e. The predicted octanol–water partition coefficient (Wildman–Crippen LogP) is 5.27. The molecule has 186 valence electrons. The highest BCUT2D eigenvalue weighted by atomic mass is 35.5. The normalized spacial score (nSPS) is 11.7. The van der Waals surface area contributed by atoms with Crippen molar-refractivity contribution in [3.05, 3.63) is 94.6 Å². The summed E-state index contributed by atoms with van der Waals surface area (Å²) in [6.07, 6.45) is 2.35. The molecule has 0 bridgehead atoms. The molecule has 0 aliphatic carbocycles. The Kier molecular flexibility index (Phi) is 7.16. The average molecular weight is 529 g/mol. The number of nitrogens with two attached hydrogens (primary N) is 2. The Balaban J connectivity index is 1.63. The summed E-state index contributed by atoms with van der Waals surface area (Å²) in [7, 11) is 0. The standard InChI is InChI=1S/C28H25ClN6OS/c1-16-13-24-26(25(22(16)10-12-36)17-5-7-21(29)8-6-17)37-28(33-24)20-9-11-32-23(15-20)18-3-2-4-19(14-18)27(34-30)35-31/h2-9,11,13-15,36H,10,12,30-31H2,1H3,(H,34,35). The topological polar surface area (TPSA) is 122 Å². The van der Waals surface area contributed by atoms with Gasteiger partial charge in [-0.1, -0.05) is 41.9 Å². The molecule has 0 atom stereocenters. The first kappa shape index (κ1) is 24.9. The van der Waals surface area contributed by atoms with Crippen molar-refractivity contribution in [2.45, 2.75) is 13.3 Å². The first-order valence-electron chi connectivity index (χ1n) is 11.6. The monoisotopic (exact) mass is 528 g/mol. The van der Waals surface area contributed by atoms with E-state index in [1.807, 2.05) is 60.7 Å². The van der Waals surface area contributed by atoms with Crippen LogP contribution in [0, 0.1) is 6.92 Å². The maximum Gasteiger partial charge on any atom is 0.166 e. The molecule has 0 fully saturated rings. The van der Waals surface area contributed by atoms with Gasteiger partial charge in [-0.25, -0.2) is 10.8 Å². The van der Waals surface area contributed by atoms with Crippen molar-refractivity contribution in [2.24, 2.45) is 16.8 Å². The number of hydrogen-bond acceptors (Lipinski definition) is 7. The lowest BCUT2D eigenvalue weighted by Crippen LogP contribution is -2.32. The van der Waals surface area contributed by atoms with E-state index in [9.17, 15) is 5.11 Å². The van der Waals surface area contributed by atoms with Crippen LogP contribution in [0.25, 0.3) is 43.2 Å². The number of nitrogens with zero attached hydrogens (tertiary/aromatic N) is 3. The third-order valence-electron chi connectivity index (χ3n) is 6.21. The number of rotatable bonds is 6. The zero-order valence-electron chi connectivity index (χ0n) is 20.1. The number of fused-ring (bicyclic) bond motifs is 1. The summed E-state index contributed by atoms with van der Waals surface area (Å²) in [6, 6.07) is 21.6. The molecule has 2 heterocycles. The fraction of sp³-hybridized carbons (Fsp3) is 0.107. The molecule has 0 saturated carbocycles. The Morgan fingerprint density at radius 3 is 2.59 bits per heavy atom. The van der Waals surface area contributed by atoms with E-state index in [0.29, 0.717) is 17.3 Å². The molecule has 0 unspecified atom stereocenters. The average Bonchev–Trinajstić information content (AvgIpc) is 3.34. The van der Waals surface area contributed by atoms with Crippen molar-refractivity contribution in [3.63, 3.8) is 0 Å². The summed E-state index contributed by atoms with van der Waals surface area (Å²) in [5.41, 5.74) is 11.2. The number of aliphatic hydroxyl groups is 1. The van der Waals surface area contributed by atoms with Crippen molar-refractivity contribution in [1.82, 2.24) is 15.4 Å². The van der Waals surface area contributed by atoms with E-state index >= 15 is 0 Å². The van der Waals surface area contributed by atoms with Crippen molar-refractivity contribution in [2.75, 3.05) is 6.61 Å². The van der Waals surface area contributed by atoms with Crippen molar-refractivity contribution in [3.8, 4) is 33.0 Å². The lowest BCUT2D eigenvalue weighted by Gasteiger charge is -2.13. The second-order valence-electron chi connectivity index (χ2n) is 8.53. The lowest BCUT2D eigenvalue weighted by atomic mass is 9.93. The van der Waals surface area contributed by atoms with Crippen LogP contribution >= 0.6 is 22.9 Å².